The fourth-order valence-electron chi connectivity index (χ4n) is 2.00. The van der Waals surface area contributed by atoms with Crippen molar-refractivity contribution in [2.75, 3.05) is 19.6 Å². The number of benzene rings is 1. The summed E-state index contributed by atoms with van der Waals surface area (Å²) < 4.78 is 0. The van der Waals surface area contributed by atoms with Crippen LogP contribution in [0.2, 0.25) is 0 Å². The van der Waals surface area contributed by atoms with Crippen LogP contribution in [0, 0.1) is 11.3 Å². The minimum absolute atomic E-state index is 0.128. The number of carbonyl (C=O) groups excluding carboxylic acids is 1. The standard InChI is InChI=1S/C16H22N2O/c1-3-6-14-7-9-15(10-8-14)16(19)13-18(4-2)12-5-11-17/h7-10H,3-6,12-13H2,1-2H3. The van der Waals surface area contributed by atoms with Crippen molar-refractivity contribution in [1.29, 1.82) is 5.26 Å². The molecule has 0 radical (unpaired) electrons. The van der Waals surface area contributed by atoms with Gasteiger partial charge in [0.1, 0.15) is 0 Å². The molecule has 0 amide bonds. The summed E-state index contributed by atoms with van der Waals surface area (Å²) in [6.45, 7) is 6.00. The van der Waals surface area contributed by atoms with Gasteiger partial charge in [0.05, 0.1) is 12.6 Å². The molecule has 0 aliphatic heterocycles. The van der Waals surface area contributed by atoms with E-state index in [-0.39, 0.29) is 5.78 Å². The summed E-state index contributed by atoms with van der Waals surface area (Å²) in [5.41, 5.74) is 2.03. The van der Waals surface area contributed by atoms with Gasteiger partial charge >= 0.3 is 0 Å². The predicted octanol–water partition coefficient (Wildman–Crippen LogP) is 3.06. The van der Waals surface area contributed by atoms with Crippen molar-refractivity contribution in [1.82, 2.24) is 4.90 Å². The second-order valence-corrected chi connectivity index (χ2v) is 4.65. The minimum Gasteiger partial charge on any atom is -0.295 e. The molecule has 0 atom stereocenters. The zero-order valence-corrected chi connectivity index (χ0v) is 11.9. The van der Waals surface area contributed by atoms with E-state index in [0.717, 1.165) is 24.9 Å². The van der Waals surface area contributed by atoms with Crippen LogP contribution in [0.5, 0.6) is 0 Å². The first kappa shape index (κ1) is 15.4. The number of nitriles is 1. The van der Waals surface area contributed by atoms with Crippen molar-refractivity contribution in [3.8, 4) is 6.07 Å². The van der Waals surface area contributed by atoms with E-state index in [9.17, 15) is 4.79 Å². The Morgan fingerprint density at radius 2 is 1.95 bits per heavy atom. The highest BCUT2D eigenvalue weighted by molar-refractivity contribution is 5.97. The number of hydrogen-bond acceptors (Lipinski definition) is 3. The van der Waals surface area contributed by atoms with Crippen molar-refractivity contribution in [2.24, 2.45) is 0 Å². The quantitative estimate of drug-likeness (QED) is 0.673. The monoisotopic (exact) mass is 258 g/mol. The normalized spacial score (nSPS) is 10.4. The van der Waals surface area contributed by atoms with Crippen LogP contribution in [0.3, 0.4) is 0 Å². The molecular formula is C16H22N2O. The molecule has 0 saturated heterocycles. The Labute approximate surface area is 115 Å². The van der Waals surface area contributed by atoms with Crippen LogP contribution in [-0.2, 0) is 6.42 Å². The maximum absolute atomic E-state index is 12.1. The van der Waals surface area contributed by atoms with E-state index < -0.39 is 0 Å². The summed E-state index contributed by atoms with van der Waals surface area (Å²) >= 11 is 0. The van der Waals surface area contributed by atoms with E-state index in [2.05, 4.69) is 13.0 Å². The molecule has 0 saturated carbocycles. The van der Waals surface area contributed by atoms with Gasteiger partial charge in [-0.05, 0) is 18.5 Å². The van der Waals surface area contributed by atoms with E-state index >= 15 is 0 Å². The van der Waals surface area contributed by atoms with Gasteiger partial charge in [0.2, 0.25) is 0 Å². The Balaban J connectivity index is 2.59. The number of nitrogens with zero attached hydrogens (tertiary/aromatic N) is 2. The number of carbonyl (C=O) groups is 1. The van der Waals surface area contributed by atoms with Crippen molar-refractivity contribution >= 4 is 5.78 Å². The third-order valence-corrected chi connectivity index (χ3v) is 3.17. The molecule has 1 aromatic rings. The lowest BCUT2D eigenvalue weighted by molar-refractivity contribution is 0.0935. The van der Waals surface area contributed by atoms with Crippen LogP contribution in [0.25, 0.3) is 0 Å². The molecule has 0 spiro atoms. The SMILES string of the molecule is CCCc1ccc(C(=O)CN(CC)CCC#N)cc1. The van der Waals surface area contributed by atoms with Crippen LogP contribution in [-0.4, -0.2) is 30.3 Å². The van der Waals surface area contributed by atoms with Gasteiger partial charge in [-0.25, -0.2) is 0 Å². The molecule has 0 N–H and O–H groups in total. The van der Waals surface area contributed by atoms with Gasteiger partial charge in [0.15, 0.2) is 5.78 Å². The molecule has 0 aliphatic carbocycles. The van der Waals surface area contributed by atoms with E-state index in [4.69, 9.17) is 5.26 Å². The van der Waals surface area contributed by atoms with Gasteiger partial charge in [-0.15, -0.1) is 0 Å². The van der Waals surface area contributed by atoms with Crippen molar-refractivity contribution in [2.45, 2.75) is 33.1 Å². The largest absolute Gasteiger partial charge is 0.295 e. The highest BCUT2D eigenvalue weighted by Crippen LogP contribution is 2.08. The molecule has 1 rings (SSSR count). The molecule has 0 heterocycles. The molecule has 0 aliphatic rings. The van der Waals surface area contributed by atoms with Gasteiger partial charge < -0.3 is 0 Å². The third kappa shape index (κ3) is 5.23. The Morgan fingerprint density at radius 3 is 2.47 bits per heavy atom. The summed E-state index contributed by atoms with van der Waals surface area (Å²) in [5.74, 6) is 0.128. The van der Waals surface area contributed by atoms with Crippen LogP contribution in [0.4, 0.5) is 0 Å². The number of rotatable bonds is 8. The average Bonchev–Trinajstić information content (AvgIpc) is 2.44. The predicted molar refractivity (Wildman–Crippen MR) is 77.1 cm³/mol. The van der Waals surface area contributed by atoms with Gasteiger partial charge in [-0.1, -0.05) is 44.5 Å². The molecule has 0 fully saturated rings. The number of likely N-dealkylation sites (N-methyl/N-ethyl adjacent to an activating group) is 1. The first-order chi connectivity index (χ1) is 9.21. The molecule has 3 nitrogen and oxygen atoms in total. The maximum Gasteiger partial charge on any atom is 0.176 e. The highest BCUT2D eigenvalue weighted by atomic mass is 16.1. The lowest BCUT2D eigenvalue weighted by Gasteiger charge is -2.17. The van der Waals surface area contributed by atoms with Crippen LogP contribution in [0.15, 0.2) is 24.3 Å². The number of ketones is 1. The molecular weight excluding hydrogens is 236 g/mol. The second-order valence-electron chi connectivity index (χ2n) is 4.65. The van der Waals surface area contributed by atoms with Crippen molar-refractivity contribution in [3.63, 3.8) is 0 Å². The summed E-state index contributed by atoms with van der Waals surface area (Å²) in [6.07, 6.45) is 2.64. The average molecular weight is 258 g/mol. The molecule has 102 valence electrons. The Bertz CT molecular complexity index is 431. The minimum atomic E-state index is 0.128. The molecule has 0 bridgehead atoms. The van der Waals surface area contributed by atoms with E-state index in [0.29, 0.717) is 19.5 Å². The first-order valence-corrected chi connectivity index (χ1v) is 6.92. The molecule has 3 heteroatoms. The molecule has 1 aromatic carbocycles. The Morgan fingerprint density at radius 1 is 1.26 bits per heavy atom. The Hall–Kier alpha value is -1.66. The summed E-state index contributed by atoms with van der Waals surface area (Å²) in [4.78, 5) is 14.1. The van der Waals surface area contributed by atoms with Crippen LogP contribution in [0.1, 0.15) is 42.6 Å². The van der Waals surface area contributed by atoms with Gasteiger partial charge in [0, 0.05) is 18.5 Å². The number of hydrogen-bond donors (Lipinski definition) is 0. The topological polar surface area (TPSA) is 44.1 Å². The van der Waals surface area contributed by atoms with Gasteiger partial charge in [-0.2, -0.15) is 5.26 Å². The fraction of sp³-hybridized carbons (Fsp3) is 0.500. The molecule has 0 aromatic heterocycles. The summed E-state index contributed by atoms with van der Waals surface area (Å²) in [6, 6.07) is 9.99. The number of Topliss-reactive ketones (excluding diaryl/α,β-unsaturated/α-hetero) is 1. The van der Waals surface area contributed by atoms with E-state index in [1.807, 2.05) is 36.1 Å². The second kappa shape index (κ2) is 8.44. The Kier molecular flexibility index (Phi) is 6.84. The lowest BCUT2D eigenvalue weighted by atomic mass is 10.1. The zero-order chi connectivity index (χ0) is 14.1. The lowest BCUT2D eigenvalue weighted by Crippen LogP contribution is -2.30. The third-order valence-electron chi connectivity index (χ3n) is 3.17. The highest BCUT2D eigenvalue weighted by Gasteiger charge is 2.10. The summed E-state index contributed by atoms with van der Waals surface area (Å²) in [5, 5.41) is 8.58. The van der Waals surface area contributed by atoms with Crippen LogP contribution >= 0.6 is 0 Å². The molecule has 0 unspecified atom stereocenters. The fourth-order valence-corrected chi connectivity index (χ4v) is 2.00. The smallest absolute Gasteiger partial charge is 0.176 e. The zero-order valence-electron chi connectivity index (χ0n) is 11.9. The van der Waals surface area contributed by atoms with Crippen LogP contribution < -0.4 is 0 Å². The summed E-state index contributed by atoms with van der Waals surface area (Å²) in [7, 11) is 0. The van der Waals surface area contributed by atoms with Gasteiger partial charge in [-0.3, -0.25) is 9.69 Å². The van der Waals surface area contributed by atoms with E-state index in [1.54, 1.807) is 0 Å². The molecule has 19 heavy (non-hydrogen) atoms. The first-order valence-electron chi connectivity index (χ1n) is 6.92. The van der Waals surface area contributed by atoms with Crippen molar-refractivity contribution < 1.29 is 4.79 Å². The van der Waals surface area contributed by atoms with E-state index in [1.165, 1.54) is 5.56 Å². The maximum atomic E-state index is 12.1. The van der Waals surface area contributed by atoms with Crippen molar-refractivity contribution in [3.05, 3.63) is 35.4 Å². The number of aryl methyl sites for hydroxylation is 1. The van der Waals surface area contributed by atoms with Gasteiger partial charge in [0.25, 0.3) is 0 Å².